The summed E-state index contributed by atoms with van der Waals surface area (Å²) in [6.07, 6.45) is 0. The van der Waals surface area contributed by atoms with E-state index in [0.29, 0.717) is 11.4 Å². The average molecular weight is 299 g/mol. The maximum atomic E-state index is 12.3. The Morgan fingerprint density at radius 1 is 1.38 bits per heavy atom. The van der Waals surface area contributed by atoms with Crippen molar-refractivity contribution in [1.82, 2.24) is 4.98 Å². The van der Waals surface area contributed by atoms with Crippen molar-refractivity contribution in [2.24, 2.45) is 5.73 Å². The highest BCUT2D eigenvalue weighted by atomic mass is 32.1. The monoisotopic (exact) mass is 299 g/mol. The summed E-state index contributed by atoms with van der Waals surface area (Å²) in [7, 11) is 0. The summed E-state index contributed by atoms with van der Waals surface area (Å²) in [6.45, 7) is 6.01. The van der Waals surface area contributed by atoms with Gasteiger partial charge in [0.05, 0.1) is 17.2 Å². The Morgan fingerprint density at radius 3 is 2.71 bits per heavy atom. The Labute approximate surface area is 128 Å². The summed E-state index contributed by atoms with van der Waals surface area (Å²) in [4.78, 5) is 17.2. The molecule has 108 valence electrons. The van der Waals surface area contributed by atoms with E-state index in [9.17, 15) is 4.79 Å². The summed E-state index contributed by atoms with van der Waals surface area (Å²) in [5, 5.41) is 3.81. The van der Waals surface area contributed by atoms with Crippen molar-refractivity contribution in [3.63, 3.8) is 0 Å². The fourth-order valence-corrected chi connectivity index (χ4v) is 2.77. The van der Waals surface area contributed by atoms with E-state index in [1.54, 1.807) is 0 Å². The zero-order valence-corrected chi connectivity index (χ0v) is 13.1. The molecule has 0 aliphatic carbocycles. The van der Waals surface area contributed by atoms with Gasteiger partial charge in [0.15, 0.2) is 0 Å². The third kappa shape index (κ3) is 3.69. The van der Waals surface area contributed by atoms with E-state index in [1.807, 2.05) is 39.0 Å². The second kappa shape index (κ2) is 6.53. The maximum absolute atomic E-state index is 12.3. The molecule has 0 fully saturated rings. The fourth-order valence-electron chi connectivity index (χ4n) is 1.96. The van der Waals surface area contributed by atoms with Gasteiger partial charge < -0.3 is 11.1 Å². The van der Waals surface area contributed by atoms with Gasteiger partial charge in [-0.2, -0.15) is 0 Å². The van der Waals surface area contributed by atoms with Crippen LogP contribution in [0, 0.1) is 32.6 Å². The zero-order valence-electron chi connectivity index (χ0n) is 12.3. The van der Waals surface area contributed by atoms with Crippen LogP contribution in [0.1, 0.15) is 31.5 Å². The summed E-state index contributed by atoms with van der Waals surface area (Å²) in [5.41, 5.74) is 8.75. The van der Waals surface area contributed by atoms with E-state index in [2.05, 4.69) is 22.1 Å². The van der Waals surface area contributed by atoms with Gasteiger partial charge in [0.25, 0.3) is 5.91 Å². The molecule has 0 saturated heterocycles. The molecule has 0 radical (unpaired) electrons. The van der Waals surface area contributed by atoms with Crippen molar-refractivity contribution in [3.05, 3.63) is 44.9 Å². The van der Waals surface area contributed by atoms with Gasteiger partial charge >= 0.3 is 0 Å². The predicted molar refractivity (Wildman–Crippen MR) is 86.7 cm³/mol. The Balaban J connectivity index is 2.20. The van der Waals surface area contributed by atoms with Gasteiger partial charge in [-0.25, -0.2) is 4.98 Å². The van der Waals surface area contributed by atoms with E-state index in [1.165, 1.54) is 11.3 Å². The number of amides is 1. The molecule has 1 heterocycles. The van der Waals surface area contributed by atoms with Crippen LogP contribution in [0.5, 0.6) is 0 Å². The number of aryl methyl sites for hydroxylation is 3. The maximum Gasteiger partial charge on any atom is 0.267 e. The second-order valence-corrected chi connectivity index (χ2v) is 5.84. The molecule has 0 aliphatic heterocycles. The molecular weight excluding hydrogens is 282 g/mol. The van der Waals surface area contributed by atoms with Crippen LogP contribution >= 0.6 is 11.3 Å². The standard InChI is InChI=1S/C16H17N3OS/c1-10-9-13(5-4-8-17)6-7-14(10)19-16(20)15-11(2)18-12(3)21-15/h6-7,9H,8,17H2,1-3H3,(H,19,20). The number of hydrogen-bond acceptors (Lipinski definition) is 4. The van der Waals surface area contributed by atoms with Crippen LogP contribution in [-0.4, -0.2) is 17.4 Å². The van der Waals surface area contributed by atoms with Crippen molar-refractivity contribution in [2.75, 3.05) is 11.9 Å². The quantitative estimate of drug-likeness (QED) is 0.838. The Bertz CT molecular complexity index is 738. The SMILES string of the molecule is Cc1nc(C)c(C(=O)Nc2ccc(C#CCN)cc2C)s1. The molecule has 0 saturated carbocycles. The van der Waals surface area contributed by atoms with Gasteiger partial charge in [-0.05, 0) is 44.5 Å². The van der Waals surface area contributed by atoms with Gasteiger partial charge in [0, 0.05) is 11.3 Å². The topological polar surface area (TPSA) is 68.0 Å². The summed E-state index contributed by atoms with van der Waals surface area (Å²) < 4.78 is 0. The minimum atomic E-state index is -0.123. The van der Waals surface area contributed by atoms with Crippen LogP contribution in [0.15, 0.2) is 18.2 Å². The predicted octanol–water partition coefficient (Wildman–Crippen LogP) is 2.63. The van der Waals surface area contributed by atoms with Gasteiger partial charge in [0.1, 0.15) is 4.88 Å². The van der Waals surface area contributed by atoms with Crippen LogP contribution in [-0.2, 0) is 0 Å². The van der Waals surface area contributed by atoms with Crippen LogP contribution in [0.25, 0.3) is 0 Å². The molecule has 0 bridgehead atoms. The van der Waals surface area contributed by atoms with Crippen molar-refractivity contribution in [2.45, 2.75) is 20.8 Å². The minimum Gasteiger partial charge on any atom is -0.321 e. The molecule has 0 unspecified atom stereocenters. The van der Waals surface area contributed by atoms with Crippen LogP contribution in [0.2, 0.25) is 0 Å². The van der Waals surface area contributed by atoms with Gasteiger partial charge in [-0.3, -0.25) is 4.79 Å². The number of benzene rings is 1. The number of aromatic nitrogens is 1. The molecule has 5 heteroatoms. The summed E-state index contributed by atoms with van der Waals surface area (Å²) in [5.74, 6) is 5.66. The molecule has 1 aromatic heterocycles. The van der Waals surface area contributed by atoms with Crippen LogP contribution in [0.3, 0.4) is 0 Å². The molecule has 0 atom stereocenters. The van der Waals surface area contributed by atoms with E-state index in [4.69, 9.17) is 5.73 Å². The van der Waals surface area contributed by atoms with E-state index < -0.39 is 0 Å². The first-order chi connectivity index (χ1) is 10.0. The number of nitrogens with zero attached hydrogens (tertiary/aromatic N) is 1. The lowest BCUT2D eigenvalue weighted by Gasteiger charge is -2.08. The third-order valence-corrected chi connectivity index (χ3v) is 3.99. The molecule has 21 heavy (non-hydrogen) atoms. The molecule has 1 aromatic carbocycles. The molecular formula is C16H17N3OS. The molecule has 0 spiro atoms. The van der Waals surface area contributed by atoms with E-state index in [0.717, 1.165) is 27.5 Å². The first kappa shape index (κ1) is 15.2. The van der Waals surface area contributed by atoms with E-state index >= 15 is 0 Å². The zero-order chi connectivity index (χ0) is 15.4. The fraction of sp³-hybridized carbons (Fsp3) is 0.250. The lowest BCUT2D eigenvalue weighted by atomic mass is 10.1. The number of thiazole rings is 1. The lowest BCUT2D eigenvalue weighted by molar-refractivity contribution is 0.102. The van der Waals surface area contributed by atoms with Gasteiger partial charge in [0.2, 0.25) is 0 Å². The highest BCUT2D eigenvalue weighted by molar-refractivity contribution is 7.13. The van der Waals surface area contributed by atoms with Crippen molar-refractivity contribution in [3.8, 4) is 11.8 Å². The van der Waals surface area contributed by atoms with Crippen LogP contribution in [0.4, 0.5) is 5.69 Å². The third-order valence-electron chi connectivity index (χ3n) is 2.92. The number of anilines is 1. The first-order valence-corrected chi connectivity index (χ1v) is 7.38. The number of hydrogen-bond donors (Lipinski definition) is 2. The number of carbonyl (C=O) groups is 1. The Kier molecular flexibility index (Phi) is 4.73. The van der Waals surface area contributed by atoms with Crippen molar-refractivity contribution < 1.29 is 4.79 Å². The minimum absolute atomic E-state index is 0.123. The summed E-state index contributed by atoms with van der Waals surface area (Å²) >= 11 is 1.40. The number of nitrogens with two attached hydrogens (primary N) is 1. The van der Waals surface area contributed by atoms with Gasteiger partial charge in [-0.15, -0.1) is 11.3 Å². The number of nitrogens with one attached hydrogen (secondary N) is 1. The smallest absolute Gasteiger partial charge is 0.267 e. The molecule has 2 rings (SSSR count). The average Bonchev–Trinajstić information content (AvgIpc) is 2.78. The highest BCUT2D eigenvalue weighted by Gasteiger charge is 2.14. The Hall–Kier alpha value is -2.16. The van der Waals surface area contributed by atoms with Crippen LogP contribution < -0.4 is 11.1 Å². The van der Waals surface area contributed by atoms with Crippen molar-refractivity contribution in [1.29, 1.82) is 0 Å². The molecule has 4 nitrogen and oxygen atoms in total. The second-order valence-electron chi connectivity index (χ2n) is 4.64. The number of carbonyl (C=O) groups excluding carboxylic acids is 1. The highest BCUT2D eigenvalue weighted by Crippen LogP contribution is 2.21. The van der Waals surface area contributed by atoms with Crippen molar-refractivity contribution >= 4 is 22.9 Å². The Morgan fingerprint density at radius 2 is 2.14 bits per heavy atom. The molecule has 1 amide bonds. The lowest BCUT2D eigenvalue weighted by Crippen LogP contribution is -2.12. The van der Waals surface area contributed by atoms with E-state index in [-0.39, 0.29) is 5.91 Å². The van der Waals surface area contributed by atoms with Gasteiger partial charge in [-0.1, -0.05) is 11.8 Å². The molecule has 3 N–H and O–H groups in total. The molecule has 2 aromatic rings. The number of rotatable bonds is 2. The normalized spacial score (nSPS) is 9.90. The summed E-state index contributed by atoms with van der Waals surface area (Å²) in [6, 6.07) is 5.66. The molecule has 0 aliphatic rings. The largest absolute Gasteiger partial charge is 0.321 e. The first-order valence-electron chi connectivity index (χ1n) is 6.56.